The third-order valence-electron chi connectivity index (χ3n) is 5.04. The normalized spacial score (nSPS) is 16.5. The van der Waals surface area contributed by atoms with E-state index in [9.17, 15) is 18.0 Å². The summed E-state index contributed by atoms with van der Waals surface area (Å²) in [6.45, 7) is 5.39. The largest absolute Gasteiger partial charge is 0.491 e. The Morgan fingerprint density at radius 3 is 2.33 bits per heavy atom. The summed E-state index contributed by atoms with van der Waals surface area (Å²) >= 11 is 0. The van der Waals surface area contributed by atoms with Gasteiger partial charge in [-0.15, -0.1) is 4.41 Å². The van der Waals surface area contributed by atoms with Gasteiger partial charge in [-0.2, -0.15) is 13.4 Å². The summed E-state index contributed by atoms with van der Waals surface area (Å²) in [5.74, 6) is -1.39. The zero-order valence-corrected chi connectivity index (χ0v) is 19.2. The summed E-state index contributed by atoms with van der Waals surface area (Å²) < 4.78 is 38.3. The van der Waals surface area contributed by atoms with E-state index in [1.807, 2.05) is 13.8 Å². The highest BCUT2D eigenvalue weighted by Crippen LogP contribution is 2.35. The number of rotatable bonds is 7. The molecule has 9 nitrogen and oxygen atoms in total. The molecule has 1 saturated heterocycles. The average Bonchev–Trinajstić information content (AvgIpc) is 3.33. The molecular formula is C23H23N3O6S. The predicted octanol–water partition coefficient (Wildman–Crippen LogP) is 3.42. The SMILES string of the molecule is Cc1cc(N(N2C(=O)CC(c3ccc(OC(C)C)cc3)C2=O)S(=O)(=O)c2ccccc2)no1. The van der Waals surface area contributed by atoms with Crippen LogP contribution in [0.5, 0.6) is 5.75 Å². The lowest BCUT2D eigenvalue weighted by Crippen LogP contribution is -2.50. The molecular weight excluding hydrogens is 446 g/mol. The van der Waals surface area contributed by atoms with Crippen LogP contribution >= 0.6 is 0 Å². The minimum absolute atomic E-state index is 0.0105. The number of carbonyl (C=O) groups is 2. The van der Waals surface area contributed by atoms with E-state index >= 15 is 0 Å². The van der Waals surface area contributed by atoms with E-state index < -0.39 is 27.8 Å². The van der Waals surface area contributed by atoms with Gasteiger partial charge in [-0.25, -0.2) is 0 Å². The van der Waals surface area contributed by atoms with Crippen molar-refractivity contribution in [2.45, 2.75) is 44.1 Å². The van der Waals surface area contributed by atoms with Gasteiger partial charge in [-0.05, 0) is 50.6 Å². The summed E-state index contributed by atoms with van der Waals surface area (Å²) in [7, 11) is -4.34. The van der Waals surface area contributed by atoms with Crippen molar-refractivity contribution in [3.05, 3.63) is 72.0 Å². The van der Waals surface area contributed by atoms with Gasteiger partial charge in [-0.1, -0.05) is 35.5 Å². The maximum Gasteiger partial charge on any atom is 0.283 e. The number of aryl methyl sites for hydroxylation is 1. The van der Waals surface area contributed by atoms with Crippen LogP contribution in [0.25, 0.3) is 0 Å². The first-order valence-electron chi connectivity index (χ1n) is 10.4. The fourth-order valence-electron chi connectivity index (χ4n) is 3.59. The number of hydrazine groups is 1. The van der Waals surface area contributed by atoms with Gasteiger partial charge in [0.15, 0.2) is 0 Å². The summed E-state index contributed by atoms with van der Waals surface area (Å²) in [6, 6.07) is 15.7. The highest BCUT2D eigenvalue weighted by molar-refractivity contribution is 7.92. The van der Waals surface area contributed by atoms with Crippen LogP contribution in [0.1, 0.15) is 37.5 Å². The molecule has 3 aromatic rings. The van der Waals surface area contributed by atoms with Crippen molar-refractivity contribution in [3.63, 3.8) is 0 Å². The molecule has 1 aliphatic heterocycles. The molecule has 2 amide bonds. The van der Waals surface area contributed by atoms with E-state index in [2.05, 4.69) is 5.16 Å². The molecule has 172 valence electrons. The van der Waals surface area contributed by atoms with Crippen LogP contribution in [-0.4, -0.2) is 36.5 Å². The molecule has 0 saturated carbocycles. The molecule has 2 heterocycles. The Balaban J connectivity index is 1.72. The molecule has 0 bridgehead atoms. The first-order valence-corrected chi connectivity index (χ1v) is 11.8. The van der Waals surface area contributed by atoms with Crippen molar-refractivity contribution in [3.8, 4) is 5.75 Å². The van der Waals surface area contributed by atoms with Crippen molar-refractivity contribution >= 4 is 27.7 Å². The van der Waals surface area contributed by atoms with E-state index in [1.165, 1.54) is 18.2 Å². The molecule has 4 rings (SSSR count). The van der Waals surface area contributed by atoms with Crippen LogP contribution in [0.3, 0.4) is 0 Å². The predicted molar refractivity (Wildman–Crippen MR) is 119 cm³/mol. The van der Waals surface area contributed by atoms with E-state index in [0.717, 1.165) is 0 Å². The maximum absolute atomic E-state index is 13.5. The van der Waals surface area contributed by atoms with Gasteiger partial charge in [0.2, 0.25) is 11.7 Å². The summed E-state index contributed by atoms with van der Waals surface area (Å²) in [5, 5.41) is 4.41. The zero-order valence-electron chi connectivity index (χ0n) is 18.3. The molecule has 2 aromatic carbocycles. The van der Waals surface area contributed by atoms with E-state index in [4.69, 9.17) is 9.26 Å². The second-order valence-electron chi connectivity index (χ2n) is 7.89. The second kappa shape index (κ2) is 8.70. The van der Waals surface area contributed by atoms with Crippen molar-refractivity contribution in [1.82, 2.24) is 10.2 Å². The second-order valence-corrected chi connectivity index (χ2v) is 9.66. The Morgan fingerprint density at radius 1 is 1.09 bits per heavy atom. The smallest absolute Gasteiger partial charge is 0.283 e. The Labute approximate surface area is 191 Å². The topological polar surface area (TPSA) is 110 Å². The van der Waals surface area contributed by atoms with E-state index in [1.54, 1.807) is 49.4 Å². The van der Waals surface area contributed by atoms with Crippen LogP contribution in [0.15, 0.2) is 70.1 Å². The average molecular weight is 470 g/mol. The third-order valence-corrected chi connectivity index (χ3v) is 6.71. The lowest BCUT2D eigenvalue weighted by molar-refractivity contribution is -0.138. The lowest BCUT2D eigenvalue weighted by Gasteiger charge is -2.28. The number of nitrogens with zero attached hydrogens (tertiary/aromatic N) is 3. The monoisotopic (exact) mass is 469 g/mol. The molecule has 0 spiro atoms. The van der Waals surface area contributed by atoms with Gasteiger partial charge in [0.05, 0.1) is 16.9 Å². The van der Waals surface area contributed by atoms with Gasteiger partial charge >= 0.3 is 0 Å². The summed E-state index contributed by atoms with van der Waals surface area (Å²) in [4.78, 5) is 26.3. The van der Waals surface area contributed by atoms with Gasteiger partial charge in [0, 0.05) is 12.5 Å². The Morgan fingerprint density at radius 2 is 1.76 bits per heavy atom. The standard InChI is InChI=1S/C23H23N3O6S/c1-15(2)31-18-11-9-17(10-12-18)20-14-22(27)25(23(20)28)26(21-13-16(3)32-24-21)33(29,30)19-7-5-4-6-8-19/h4-13,15,20H,14H2,1-3H3. The number of carbonyl (C=O) groups excluding carboxylic acids is 2. The summed E-state index contributed by atoms with van der Waals surface area (Å²) in [5.41, 5.74) is 0.584. The number of benzene rings is 2. The first kappa shape index (κ1) is 22.5. The third kappa shape index (κ3) is 4.34. The first-order chi connectivity index (χ1) is 15.7. The summed E-state index contributed by atoms with van der Waals surface area (Å²) in [6.07, 6.45) is -0.190. The highest BCUT2D eigenvalue weighted by atomic mass is 32.2. The van der Waals surface area contributed by atoms with Crippen molar-refractivity contribution < 1.29 is 27.3 Å². The van der Waals surface area contributed by atoms with E-state index in [-0.39, 0.29) is 23.2 Å². The minimum Gasteiger partial charge on any atom is -0.491 e. The molecule has 0 radical (unpaired) electrons. The van der Waals surface area contributed by atoms with Crippen LogP contribution in [-0.2, 0) is 19.6 Å². The number of aromatic nitrogens is 1. The van der Waals surface area contributed by atoms with Crippen LogP contribution in [0.2, 0.25) is 0 Å². The number of sulfonamides is 1. The number of anilines is 1. The molecule has 1 fully saturated rings. The zero-order chi connectivity index (χ0) is 23.8. The molecule has 10 heteroatoms. The van der Waals surface area contributed by atoms with Crippen molar-refractivity contribution in [2.75, 3.05) is 4.41 Å². The molecule has 0 aliphatic carbocycles. The highest BCUT2D eigenvalue weighted by Gasteiger charge is 2.48. The number of imide groups is 1. The van der Waals surface area contributed by atoms with Gasteiger partial charge in [0.1, 0.15) is 11.5 Å². The fourth-order valence-corrected chi connectivity index (χ4v) is 5.01. The van der Waals surface area contributed by atoms with Crippen molar-refractivity contribution in [1.29, 1.82) is 0 Å². The van der Waals surface area contributed by atoms with Crippen molar-refractivity contribution in [2.24, 2.45) is 0 Å². The van der Waals surface area contributed by atoms with Crippen LogP contribution in [0.4, 0.5) is 5.82 Å². The van der Waals surface area contributed by atoms with E-state index in [0.29, 0.717) is 26.5 Å². The number of hydrogen-bond donors (Lipinski definition) is 0. The minimum atomic E-state index is -4.34. The molecule has 1 aliphatic rings. The van der Waals surface area contributed by atoms with Gasteiger partial charge in [0.25, 0.3) is 15.9 Å². The molecule has 1 atom stereocenters. The Hall–Kier alpha value is -3.66. The lowest BCUT2D eigenvalue weighted by atomic mass is 9.97. The molecule has 33 heavy (non-hydrogen) atoms. The molecule has 1 aromatic heterocycles. The fraction of sp³-hybridized carbons (Fsp3) is 0.261. The van der Waals surface area contributed by atoms with Gasteiger partial charge in [-0.3, -0.25) is 9.59 Å². The van der Waals surface area contributed by atoms with Crippen LogP contribution < -0.4 is 9.15 Å². The molecule has 1 unspecified atom stereocenters. The molecule has 0 N–H and O–H groups in total. The quantitative estimate of drug-likeness (QED) is 0.488. The Bertz CT molecular complexity index is 1270. The maximum atomic E-state index is 13.5. The Kier molecular flexibility index (Phi) is 5.94. The number of ether oxygens (including phenoxy) is 1. The van der Waals surface area contributed by atoms with Gasteiger partial charge < -0.3 is 9.26 Å². The number of amides is 2. The van der Waals surface area contributed by atoms with Crippen LogP contribution in [0, 0.1) is 6.92 Å². The number of hydrogen-bond acceptors (Lipinski definition) is 7.